The Morgan fingerprint density at radius 1 is 1.09 bits per heavy atom. The Balaban J connectivity index is 1.27. The van der Waals surface area contributed by atoms with E-state index in [4.69, 9.17) is 14.9 Å². The molecule has 3 aromatic heterocycles. The first kappa shape index (κ1) is 19.7. The summed E-state index contributed by atoms with van der Waals surface area (Å²) in [5.74, 6) is 0. The van der Waals surface area contributed by atoms with Gasteiger partial charge >= 0.3 is 0 Å². The van der Waals surface area contributed by atoms with Gasteiger partial charge in [-0.2, -0.15) is 4.98 Å². The fourth-order valence-electron chi connectivity index (χ4n) is 4.90. The lowest BCUT2D eigenvalue weighted by Crippen LogP contribution is -2.45. The number of likely N-dealkylation sites (tertiary alicyclic amines) is 1. The second-order valence-corrected chi connectivity index (χ2v) is 8.52. The maximum atomic E-state index is 11.2. The van der Waals surface area contributed by atoms with E-state index in [-0.39, 0.29) is 6.01 Å². The number of fused-ring (bicyclic) bond motifs is 2. The fourth-order valence-corrected chi connectivity index (χ4v) is 4.90. The minimum absolute atomic E-state index is 0.161. The van der Waals surface area contributed by atoms with Crippen molar-refractivity contribution in [3.8, 4) is 11.1 Å². The van der Waals surface area contributed by atoms with Gasteiger partial charge in [0.15, 0.2) is 11.8 Å². The van der Waals surface area contributed by atoms with Crippen molar-refractivity contribution < 1.29 is 14.3 Å². The highest BCUT2D eigenvalue weighted by Crippen LogP contribution is 2.29. The lowest BCUT2D eigenvalue weighted by Gasteiger charge is -2.32. The highest BCUT2D eigenvalue weighted by molar-refractivity contribution is 5.81. The molecule has 0 spiro atoms. The number of oxazole rings is 1. The van der Waals surface area contributed by atoms with Gasteiger partial charge in [0.1, 0.15) is 11.2 Å². The molecule has 6 rings (SSSR count). The van der Waals surface area contributed by atoms with Crippen LogP contribution in [0.4, 0.5) is 6.01 Å². The van der Waals surface area contributed by atoms with Gasteiger partial charge in [0.2, 0.25) is 0 Å². The van der Waals surface area contributed by atoms with E-state index < -0.39 is 6.23 Å². The molecular formula is C23H26N6O3. The van der Waals surface area contributed by atoms with Crippen molar-refractivity contribution in [3.05, 3.63) is 48.4 Å². The molecule has 166 valence electrons. The van der Waals surface area contributed by atoms with Gasteiger partial charge < -0.3 is 20.0 Å². The van der Waals surface area contributed by atoms with Crippen molar-refractivity contribution in [2.24, 2.45) is 0 Å². The maximum absolute atomic E-state index is 11.2. The number of pyridine rings is 1. The Morgan fingerprint density at radius 2 is 1.94 bits per heavy atom. The summed E-state index contributed by atoms with van der Waals surface area (Å²) in [6.07, 6.45) is 4.14. The topological polar surface area (TPSA) is 105 Å². The number of morpholine rings is 1. The van der Waals surface area contributed by atoms with Crippen molar-refractivity contribution in [2.75, 3.05) is 45.1 Å². The molecule has 3 N–H and O–H groups in total. The number of imidazole rings is 1. The molecule has 2 aliphatic rings. The highest BCUT2D eigenvalue weighted by Gasteiger charge is 2.33. The van der Waals surface area contributed by atoms with Crippen LogP contribution in [0.5, 0.6) is 0 Å². The number of benzene rings is 1. The molecule has 1 aromatic carbocycles. The summed E-state index contributed by atoms with van der Waals surface area (Å²) >= 11 is 0. The molecule has 0 bridgehead atoms. The molecule has 1 unspecified atom stereocenters. The van der Waals surface area contributed by atoms with Gasteiger partial charge in [-0.1, -0.05) is 6.07 Å². The first-order valence-electron chi connectivity index (χ1n) is 11.0. The summed E-state index contributed by atoms with van der Waals surface area (Å²) in [7, 11) is 0. The average Bonchev–Trinajstić information content (AvgIpc) is 3.55. The molecule has 2 saturated heterocycles. The minimum atomic E-state index is -0.705. The second kappa shape index (κ2) is 7.86. The molecule has 9 heteroatoms. The van der Waals surface area contributed by atoms with E-state index in [1.807, 2.05) is 40.9 Å². The first-order valence-corrected chi connectivity index (χ1v) is 11.0. The number of aliphatic hydroxyl groups is 1. The van der Waals surface area contributed by atoms with Gasteiger partial charge in [-0.05, 0) is 41.8 Å². The Bertz CT molecular complexity index is 1260. The number of rotatable bonds is 4. The number of aliphatic hydroxyl groups excluding tert-OH is 1. The van der Waals surface area contributed by atoms with Crippen LogP contribution in [-0.4, -0.2) is 74.7 Å². The zero-order valence-corrected chi connectivity index (χ0v) is 17.7. The van der Waals surface area contributed by atoms with E-state index in [9.17, 15) is 5.11 Å². The number of nitrogens with two attached hydrogens (primary N) is 1. The van der Waals surface area contributed by atoms with Crippen LogP contribution in [0.15, 0.2) is 47.1 Å². The molecule has 2 atom stereocenters. The van der Waals surface area contributed by atoms with Gasteiger partial charge in [0.05, 0.1) is 25.1 Å². The van der Waals surface area contributed by atoms with Crippen molar-refractivity contribution in [3.63, 3.8) is 0 Å². The van der Waals surface area contributed by atoms with Crippen LogP contribution < -0.4 is 5.73 Å². The van der Waals surface area contributed by atoms with Crippen LogP contribution in [0.1, 0.15) is 18.3 Å². The number of nitrogen functional groups attached to an aromatic ring is 1. The molecule has 0 radical (unpaired) electrons. The molecule has 4 aromatic rings. The summed E-state index contributed by atoms with van der Waals surface area (Å²) in [6.45, 7) is 5.23. The average molecular weight is 435 g/mol. The predicted octanol–water partition coefficient (Wildman–Crippen LogP) is 2.12. The molecular weight excluding hydrogens is 408 g/mol. The SMILES string of the molecule is Nc1nc2cc(-c3ccc4ncc(C(O)N5CC[C@H](N6CCOCC6)C5)n4c3)ccc2o1. The molecule has 32 heavy (non-hydrogen) atoms. The highest BCUT2D eigenvalue weighted by atomic mass is 16.5. The van der Waals surface area contributed by atoms with Crippen LogP contribution in [0, 0.1) is 0 Å². The molecule has 2 fully saturated rings. The van der Waals surface area contributed by atoms with Gasteiger partial charge in [0, 0.05) is 38.4 Å². The Hall–Kier alpha value is -2.98. The van der Waals surface area contributed by atoms with Gasteiger partial charge in [-0.3, -0.25) is 14.2 Å². The lowest BCUT2D eigenvalue weighted by molar-refractivity contribution is -0.00472. The summed E-state index contributed by atoms with van der Waals surface area (Å²) < 4.78 is 12.8. The molecule has 0 saturated carbocycles. The number of hydrogen-bond acceptors (Lipinski definition) is 8. The number of nitrogens with zero attached hydrogens (tertiary/aromatic N) is 5. The molecule has 0 aliphatic carbocycles. The van der Waals surface area contributed by atoms with E-state index >= 15 is 0 Å². The van der Waals surface area contributed by atoms with Crippen LogP contribution in [0.25, 0.3) is 27.9 Å². The van der Waals surface area contributed by atoms with Crippen molar-refractivity contribution >= 4 is 22.8 Å². The Kier molecular flexibility index (Phi) is 4.83. The van der Waals surface area contributed by atoms with Gasteiger partial charge in [-0.15, -0.1) is 0 Å². The van der Waals surface area contributed by atoms with Crippen LogP contribution >= 0.6 is 0 Å². The van der Waals surface area contributed by atoms with Crippen molar-refractivity contribution in [2.45, 2.75) is 18.7 Å². The van der Waals surface area contributed by atoms with E-state index in [0.717, 1.165) is 73.8 Å². The van der Waals surface area contributed by atoms with E-state index in [1.54, 1.807) is 6.20 Å². The van der Waals surface area contributed by atoms with E-state index in [2.05, 4.69) is 19.8 Å². The minimum Gasteiger partial charge on any atom is -0.424 e. The summed E-state index contributed by atoms with van der Waals surface area (Å²) in [6, 6.07) is 10.4. The summed E-state index contributed by atoms with van der Waals surface area (Å²) in [5, 5.41) is 11.2. The summed E-state index contributed by atoms with van der Waals surface area (Å²) in [4.78, 5) is 13.4. The Morgan fingerprint density at radius 3 is 2.81 bits per heavy atom. The van der Waals surface area contributed by atoms with Gasteiger partial charge in [0.25, 0.3) is 6.01 Å². The van der Waals surface area contributed by atoms with Gasteiger partial charge in [-0.25, -0.2) is 4.98 Å². The number of anilines is 1. The maximum Gasteiger partial charge on any atom is 0.292 e. The fraction of sp³-hybridized carbons (Fsp3) is 0.391. The zero-order valence-electron chi connectivity index (χ0n) is 17.7. The molecule has 0 amide bonds. The van der Waals surface area contributed by atoms with E-state index in [0.29, 0.717) is 11.6 Å². The smallest absolute Gasteiger partial charge is 0.292 e. The van der Waals surface area contributed by atoms with Crippen LogP contribution in [0.3, 0.4) is 0 Å². The van der Waals surface area contributed by atoms with Crippen LogP contribution in [-0.2, 0) is 4.74 Å². The predicted molar refractivity (Wildman–Crippen MR) is 120 cm³/mol. The Labute approximate surface area is 185 Å². The standard InChI is InChI=1S/C23H26N6O3/c24-23-26-18-11-15(1-3-20(18)32-23)16-2-4-21-25-12-19(29(21)13-16)22(30)28-6-5-17(14-28)27-7-9-31-10-8-27/h1-4,11-13,17,22,30H,5-10,14H2,(H2,24,26)/t17-,22?/m0/s1. The monoisotopic (exact) mass is 434 g/mol. The molecule has 9 nitrogen and oxygen atoms in total. The zero-order chi connectivity index (χ0) is 21.7. The van der Waals surface area contributed by atoms with Crippen molar-refractivity contribution in [1.29, 1.82) is 0 Å². The largest absolute Gasteiger partial charge is 0.424 e. The summed E-state index contributed by atoms with van der Waals surface area (Å²) in [5.41, 5.74) is 10.6. The number of aromatic nitrogens is 3. The normalized spacial score (nSPS) is 21.6. The third-order valence-corrected chi connectivity index (χ3v) is 6.64. The molecule has 5 heterocycles. The number of ether oxygens (including phenoxy) is 1. The third-order valence-electron chi connectivity index (χ3n) is 6.64. The molecule has 2 aliphatic heterocycles. The lowest BCUT2D eigenvalue weighted by atomic mass is 10.1. The second-order valence-electron chi connectivity index (χ2n) is 8.52. The van der Waals surface area contributed by atoms with Crippen LogP contribution in [0.2, 0.25) is 0 Å². The first-order chi connectivity index (χ1) is 15.7. The number of hydrogen-bond donors (Lipinski definition) is 2. The van der Waals surface area contributed by atoms with Crippen molar-refractivity contribution in [1.82, 2.24) is 24.2 Å². The third kappa shape index (κ3) is 3.43. The van der Waals surface area contributed by atoms with E-state index in [1.165, 1.54) is 0 Å². The quantitative estimate of drug-likeness (QED) is 0.503.